The molecule has 2 unspecified atom stereocenters. The van der Waals surface area contributed by atoms with Crippen LogP contribution in [0.5, 0.6) is 0 Å². The topological polar surface area (TPSA) is 15.8 Å². The molecule has 26 heavy (non-hydrogen) atoms. The first-order valence-corrected chi connectivity index (χ1v) is 12.2. The van der Waals surface area contributed by atoms with Crippen LogP contribution in [0.1, 0.15) is 36.1 Å². The molecule has 2 atom stereocenters. The van der Waals surface area contributed by atoms with Crippen LogP contribution >= 0.6 is 24.8 Å². The number of hydrogen-bond acceptors (Lipinski definition) is 0. The SMILES string of the molecule is Cl.Cl.[CH2]=[Ti]([c]1cc2ccccc2[nH]1)([CH]1C=Cc2ccccc21)[C](C)(C)C. The molecule has 0 aliphatic heterocycles. The molecule has 1 nitrogen and oxygen atoms in total. The van der Waals surface area contributed by atoms with Crippen LogP contribution in [0.3, 0.4) is 0 Å². The van der Waals surface area contributed by atoms with Gasteiger partial charge in [-0.1, -0.05) is 0 Å². The Bertz CT molecular complexity index is 962. The molecule has 0 saturated heterocycles. The van der Waals surface area contributed by atoms with Gasteiger partial charge in [-0.25, -0.2) is 0 Å². The average molecular weight is 423 g/mol. The van der Waals surface area contributed by atoms with Gasteiger partial charge >= 0.3 is 147 Å². The molecule has 1 N–H and O–H groups in total. The van der Waals surface area contributed by atoms with E-state index in [0.29, 0.717) is 4.22 Å². The van der Waals surface area contributed by atoms with Gasteiger partial charge in [-0.05, 0) is 0 Å². The molecule has 0 saturated carbocycles. The van der Waals surface area contributed by atoms with Crippen LogP contribution in [-0.4, -0.2) is 9.80 Å². The zero-order valence-corrected chi connectivity index (χ0v) is 18.6. The van der Waals surface area contributed by atoms with Crippen molar-refractivity contribution >= 4 is 50.6 Å². The van der Waals surface area contributed by atoms with Gasteiger partial charge in [0.1, 0.15) is 0 Å². The number of benzene rings is 2. The Kier molecular flexibility index (Phi) is 6.10. The van der Waals surface area contributed by atoms with Crippen molar-refractivity contribution in [2.75, 3.05) is 0 Å². The van der Waals surface area contributed by atoms with Crippen LogP contribution in [0.15, 0.2) is 60.7 Å². The number of hydrogen-bond donors (Lipinski definition) is 1. The molecule has 0 spiro atoms. The number of rotatable bonds is 2. The van der Waals surface area contributed by atoms with Crippen molar-refractivity contribution in [3.8, 4) is 0 Å². The molecular formula is C22H26Cl2NTi. The fourth-order valence-electron chi connectivity index (χ4n) is 4.03. The first-order valence-electron chi connectivity index (χ1n) is 8.62. The minimum atomic E-state index is -2.77. The van der Waals surface area contributed by atoms with Crippen molar-refractivity contribution < 1.29 is 16.1 Å². The van der Waals surface area contributed by atoms with E-state index in [0.717, 1.165) is 0 Å². The zero-order valence-electron chi connectivity index (χ0n) is 15.5. The Morgan fingerprint density at radius 1 is 0.962 bits per heavy atom. The summed E-state index contributed by atoms with van der Waals surface area (Å²) in [5.41, 5.74) is 4.05. The summed E-state index contributed by atoms with van der Waals surface area (Å²) in [7, 11) is 0. The van der Waals surface area contributed by atoms with Crippen LogP contribution in [0.4, 0.5) is 0 Å². The zero-order chi connectivity index (χ0) is 16.9. The van der Waals surface area contributed by atoms with Crippen LogP contribution in [0.2, 0.25) is 3.72 Å². The molecule has 4 rings (SSSR count). The number of halogens is 2. The van der Waals surface area contributed by atoms with E-state index in [1.54, 1.807) is 0 Å². The van der Waals surface area contributed by atoms with E-state index in [1.165, 1.54) is 26.0 Å². The molecule has 0 amide bonds. The van der Waals surface area contributed by atoms with Crippen LogP contribution in [0.25, 0.3) is 17.0 Å². The minimum absolute atomic E-state index is 0. The summed E-state index contributed by atoms with van der Waals surface area (Å²) < 4.78 is 2.04. The molecular weight excluding hydrogens is 397 g/mol. The van der Waals surface area contributed by atoms with E-state index in [9.17, 15) is 0 Å². The number of aromatic nitrogens is 1. The van der Waals surface area contributed by atoms with Gasteiger partial charge in [-0.15, -0.1) is 24.8 Å². The van der Waals surface area contributed by atoms with Crippen molar-refractivity contribution in [2.24, 2.45) is 0 Å². The van der Waals surface area contributed by atoms with Crippen molar-refractivity contribution in [3.05, 3.63) is 71.8 Å². The van der Waals surface area contributed by atoms with Crippen molar-refractivity contribution in [3.63, 3.8) is 0 Å². The number of allylic oxidation sites excluding steroid dienone is 1. The number of fused-ring (bicyclic) bond motifs is 2. The molecule has 0 fully saturated rings. The summed E-state index contributed by atoms with van der Waals surface area (Å²) in [6.45, 7) is 7.13. The Balaban J connectivity index is 0.00000121. The summed E-state index contributed by atoms with van der Waals surface area (Å²) in [6.07, 6.45) is 4.70. The summed E-state index contributed by atoms with van der Waals surface area (Å²) in [4.78, 5) is 8.73. The second kappa shape index (κ2) is 7.48. The molecule has 0 bridgehead atoms. The van der Waals surface area contributed by atoms with E-state index >= 15 is 0 Å². The summed E-state index contributed by atoms with van der Waals surface area (Å²) in [5.74, 6) is 0. The Morgan fingerprint density at radius 3 is 2.31 bits per heavy atom. The van der Waals surface area contributed by atoms with Crippen LogP contribution < -0.4 is 4.00 Å². The van der Waals surface area contributed by atoms with E-state index in [-0.39, 0.29) is 28.5 Å². The second-order valence-electron chi connectivity index (χ2n) is 7.96. The number of para-hydroxylation sites is 1. The van der Waals surface area contributed by atoms with Gasteiger partial charge in [0.25, 0.3) is 0 Å². The standard InChI is InChI=1S/C9H7.C8H6N.C4H9.CH2.2ClH.Ti/c1-2-5-9-7-3-6-8(9)4-1;1-2-4-8-7(3-1)5-6-9-8;1-4(2)3;;;;/h1-7H;1-5,9H;1-3H3;1H2;2*1H;. The normalized spacial score (nSPS) is 17.9. The second-order valence-corrected chi connectivity index (χ2v) is 15.1. The molecule has 2 aromatic carbocycles. The quantitative estimate of drug-likeness (QED) is 0.472. The van der Waals surface area contributed by atoms with Gasteiger partial charge in [0.15, 0.2) is 0 Å². The Hall–Kier alpha value is -1.12. The van der Waals surface area contributed by atoms with Gasteiger partial charge in [-0.3, -0.25) is 0 Å². The van der Waals surface area contributed by atoms with Gasteiger partial charge < -0.3 is 0 Å². The molecule has 1 aliphatic rings. The van der Waals surface area contributed by atoms with E-state index < -0.39 is 16.1 Å². The Labute approximate surface area is 171 Å². The number of H-pyrrole nitrogens is 1. The van der Waals surface area contributed by atoms with Gasteiger partial charge in [-0.2, -0.15) is 0 Å². The van der Waals surface area contributed by atoms with Crippen molar-refractivity contribution in [1.29, 1.82) is 0 Å². The third-order valence-electron chi connectivity index (χ3n) is 5.68. The molecule has 1 aromatic heterocycles. The molecule has 1 aliphatic carbocycles. The van der Waals surface area contributed by atoms with Crippen molar-refractivity contribution in [1.82, 2.24) is 4.98 Å². The van der Waals surface area contributed by atoms with Crippen molar-refractivity contribution in [2.45, 2.75) is 28.7 Å². The van der Waals surface area contributed by atoms with Gasteiger partial charge in [0.2, 0.25) is 0 Å². The predicted octanol–water partition coefficient (Wildman–Crippen LogP) is 6.21. The third-order valence-corrected chi connectivity index (χ3v) is 14.2. The summed E-state index contributed by atoms with van der Waals surface area (Å²) >= 11 is -2.77. The third kappa shape index (κ3) is 3.16. The molecule has 4 heteroatoms. The van der Waals surface area contributed by atoms with Crippen LogP contribution in [-0.2, 0) is 16.1 Å². The molecule has 1 heterocycles. The molecule has 137 valence electrons. The summed E-state index contributed by atoms with van der Waals surface area (Å²) in [5, 5.41) is 1.30. The predicted molar refractivity (Wildman–Crippen MR) is 117 cm³/mol. The van der Waals surface area contributed by atoms with Gasteiger partial charge in [0, 0.05) is 0 Å². The maximum absolute atomic E-state index is 4.99. The fraction of sp³-hybridized carbons (Fsp3) is 0.227. The molecule has 3 aromatic rings. The Morgan fingerprint density at radius 2 is 1.62 bits per heavy atom. The fourth-order valence-corrected chi connectivity index (χ4v) is 10.4. The van der Waals surface area contributed by atoms with E-state index in [4.69, 9.17) is 4.82 Å². The monoisotopic (exact) mass is 422 g/mol. The van der Waals surface area contributed by atoms with Gasteiger partial charge in [0.05, 0.1) is 0 Å². The average Bonchev–Trinajstić information content (AvgIpc) is 3.17. The van der Waals surface area contributed by atoms with E-state index in [2.05, 4.69) is 92.5 Å². The number of aromatic amines is 1. The molecule has 0 radical (unpaired) electrons. The maximum atomic E-state index is 4.99. The first kappa shape index (κ1) is 21.2. The summed E-state index contributed by atoms with van der Waals surface area (Å²) in [6, 6.07) is 19.7. The van der Waals surface area contributed by atoms with Crippen LogP contribution in [0, 0.1) is 0 Å². The van der Waals surface area contributed by atoms with E-state index in [1.807, 2.05) is 0 Å². The number of nitrogens with one attached hydrogen (secondary N) is 1. The first-order chi connectivity index (χ1) is 11.4.